The van der Waals surface area contributed by atoms with Gasteiger partial charge in [0.15, 0.2) is 0 Å². The Hall–Kier alpha value is -0.910. The van der Waals surface area contributed by atoms with Crippen LogP contribution in [0, 0.1) is 5.92 Å². The first-order chi connectivity index (χ1) is 9.03. The lowest BCUT2D eigenvalue weighted by Crippen LogP contribution is -2.40. The van der Waals surface area contributed by atoms with Gasteiger partial charge in [-0.1, -0.05) is 30.3 Å². The molecule has 106 valence electrons. The molecular weight excluding hydrogens is 260 g/mol. The summed E-state index contributed by atoms with van der Waals surface area (Å²) in [6.07, 6.45) is 3.47. The highest BCUT2D eigenvalue weighted by Crippen LogP contribution is 2.18. The van der Waals surface area contributed by atoms with Gasteiger partial charge in [-0.05, 0) is 30.9 Å². The van der Waals surface area contributed by atoms with Gasteiger partial charge in [0.05, 0.1) is 6.26 Å². The second-order valence-corrected chi connectivity index (χ2v) is 7.18. The van der Waals surface area contributed by atoms with Gasteiger partial charge in [0.25, 0.3) is 0 Å². The van der Waals surface area contributed by atoms with Gasteiger partial charge in [-0.15, -0.1) is 0 Å². The van der Waals surface area contributed by atoms with Gasteiger partial charge in [0, 0.05) is 19.6 Å². The van der Waals surface area contributed by atoms with Crippen LogP contribution in [-0.4, -0.2) is 39.2 Å². The van der Waals surface area contributed by atoms with Gasteiger partial charge in [0.1, 0.15) is 0 Å². The van der Waals surface area contributed by atoms with Crippen LogP contribution < -0.4 is 4.72 Å². The van der Waals surface area contributed by atoms with E-state index in [1.165, 1.54) is 11.8 Å². The van der Waals surface area contributed by atoms with Gasteiger partial charge in [-0.25, -0.2) is 13.1 Å². The predicted octanol–water partition coefficient (Wildman–Crippen LogP) is 1.45. The minimum atomic E-state index is -3.07. The SMILES string of the molecule is CS(=O)(=O)NCC1CCCN(Cc2ccccc2)C1. The zero-order valence-corrected chi connectivity index (χ0v) is 12.2. The van der Waals surface area contributed by atoms with Crippen molar-refractivity contribution in [1.82, 2.24) is 9.62 Å². The quantitative estimate of drug-likeness (QED) is 0.889. The summed E-state index contributed by atoms with van der Waals surface area (Å²) in [7, 11) is -3.07. The van der Waals surface area contributed by atoms with Crippen LogP contribution in [0.25, 0.3) is 0 Å². The maximum atomic E-state index is 11.1. The third kappa shape index (κ3) is 5.30. The Balaban J connectivity index is 1.84. The van der Waals surface area contributed by atoms with E-state index in [2.05, 4.69) is 33.9 Å². The van der Waals surface area contributed by atoms with E-state index in [4.69, 9.17) is 0 Å². The minimum Gasteiger partial charge on any atom is -0.299 e. The Kier molecular flexibility index (Phi) is 4.96. The van der Waals surface area contributed by atoms with Crippen molar-refractivity contribution in [3.8, 4) is 0 Å². The molecule has 2 rings (SSSR count). The molecule has 5 heteroatoms. The number of nitrogens with zero attached hydrogens (tertiary/aromatic N) is 1. The molecule has 1 unspecified atom stereocenters. The summed E-state index contributed by atoms with van der Waals surface area (Å²) < 4.78 is 24.9. The third-order valence-electron chi connectivity index (χ3n) is 3.49. The van der Waals surface area contributed by atoms with Crippen LogP contribution in [0.4, 0.5) is 0 Å². The average Bonchev–Trinajstić information content (AvgIpc) is 2.37. The molecule has 1 aliphatic heterocycles. The number of hydrogen-bond donors (Lipinski definition) is 1. The van der Waals surface area contributed by atoms with Crippen molar-refractivity contribution in [2.24, 2.45) is 5.92 Å². The van der Waals surface area contributed by atoms with Crippen molar-refractivity contribution in [1.29, 1.82) is 0 Å². The van der Waals surface area contributed by atoms with Crippen molar-refractivity contribution in [3.63, 3.8) is 0 Å². The molecule has 1 heterocycles. The van der Waals surface area contributed by atoms with Crippen molar-refractivity contribution >= 4 is 10.0 Å². The van der Waals surface area contributed by atoms with Gasteiger partial charge in [0.2, 0.25) is 10.0 Å². The van der Waals surface area contributed by atoms with Gasteiger partial charge >= 0.3 is 0 Å². The van der Waals surface area contributed by atoms with Crippen LogP contribution in [0.15, 0.2) is 30.3 Å². The molecular formula is C14H22N2O2S. The molecule has 0 aromatic heterocycles. The fourth-order valence-electron chi connectivity index (χ4n) is 2.57. The van der Waals surface area contributed by atoms with Gasteiger partial charge in [-0.3, -0.25) is 4.90 Å². The smallest absolute Gasteiger partial charge is 0.208 e. The first-order valence-electron chi connectivity index (χ1n) is 6.74. The van der Waals surface area contributed by atoms with Crippen LogP contribution in [0.3, 0.4) is 0 Å². The standard InChI is InChI=1S/C14H22N2O2S/c1-19(17,18)15-10-14-8-5-9-16(12-14)11-13-6-3-2-4-7-13/h2-4,6-7,14-15H,5,8-12H2,1H3. The molecule has 1 N–H and O–H groups in total. The van der Waals surface area contributed by atoms with E-state index in [0.717, 1.165) is 32.5 Å². The molecule has 1 atom stereocenters. The highest BCUT2D eigenvalue weighted by atomic mass is 32.2. The van der Waals surface area contributed by atoms with Crippen LogP contribution >= 0.6 is 0 Å². The maximum Gasteiger partial charge on any atom is 0.208 e. The van der Waals surface area contributed by atoms with Crippen molar-refractivity contribution in [2.75, 3.05) is 25.9 Å². The second kappa shape index (κ2) is 6.50. The number of sulfonamides is 1. The van der Waals surface area contributed by atoms with Crippen molar-refractivity contribution in [2.45, 2.75) is 19.4 Å². The third-order valence-corrected chi connectivity index (χ3v) is 4.18. The highest BCUT2D eigenvalue weighted by molar-refractivity contribution is 7.88. The number of rotatable bonds is 5. The van der Waals surface area contributed by atoms with Crippen LogP contribution in [0.5, 0.6) is 0 Å². The molecule has 1 fully saturated rings. The zero-order valence-electron chi connectivity index (χ0n) is 11.4. The molecule has 0 amide bonds. The Bertz CT molecular complexity index is 487. The molecule has 19 heavy (non-hydrogen) atoms. The molecule has 1 aliphatic rings. The predicted molar refractivity (Wildman–Crippen MR) is 77.3 cm³/mol. The molecule has 1 saturated heterocycles. The Morgan fingerprint density at radius 2 is 2.05 bits per heavy atom. The van der Waals surface area contributed by atoms with Crippen LogP contribution in [-0.2, 0) is 16.6 Å². The van der Waals surface area contributed by atoms with Crippen molar-refractivity contribution in [3.05, 3.63) is 35.9 Å². The topological polar surface area (TPSA) is 49.4 Å². The van der Waals surface area contributed by atoms with Crippen LogP contribution in [0.2, 0.25) is 0 Å². The fourth-order valence-corrected chi connectivity index (χ4v) is 3.11. The molecule has 0 radical (unpaired) electrons. The van der Waals surface area contributed by atoms with E-state index >= 15 is 0 Å². The minimum absolute atomic E-state index is 0.423. The molecule has 1 aromatic rings. The number of piperidine rings is 1. The molecule has 0 saturated carbocycles. The largest absolute Gasteiger partial charge is 0.299 e. The summed E-state index contributed by atoms with van der Waals surface area (Å²) in [6, 6.07) is 10.4. The maximum absolute atomic E-state index is 11.1. The summed E-state index contributed by atoms with van der Waals surface area (Å²) in [5.41, 5.74) is 1.32. The molecule has 0 spiro atoms. The van der Waals surface area contributed by atoms with E-state index in [-0.39, 0.29) is 0 Å². The first kappa shape index (κ1) is 14.5. The lowest BCUT2D eigenvalue weighted by atomic mass is 9.98. The average molecular weight is 282 g/mol. The summed E-state index contributed by atoms with van der Waals surface area (Å²) in [4.78, 5) is 2.41. The highest BCUT2D eigenvalue weighted by Gasteiger charge is 2.20. The van der Waals surface area contributed by atoms with E-state index in [1.807, 2.05) is 6.07 Å². The van der Waals surface area contributed by atoms with E-state index in [0.29, 0.717) is 12.5 Å². The van der Waals surface area contributed by atoms with Crippen LogP contribution in [0.1, 0.15) is 18.4 Å². The van der Waals surface area contributed by atoms with Crippen molar-refractivity contribution < 1.29 is 8.42 Å². The lowest BCUT2D eigenvalue weighted by Gasteiger charge is -2.32. The Morgan fingerprint density at radius 3 is 2.74 bits per heavy atom. The van der Waals surface area contributed by atoms with Gasteiger partial charge < -0.3 is 0 Å². The molecule has 4 nitrogen and oxygen atoms in total. The van der Waals surface area contributed by atoms with E-state index < -0.39 is 10.0 Å². The fraction of sp³-hybridized carbons (Fsp3) is 0.571. The molecule has 1 aromatic carbocycles. The Morgan fingerprint density at radius 1 is 1.32 bits per heavy atom. The Labute approximate surface area is 115 Å². The molecule has 0 bridgehead atoms. The normalized spacial score (nSPS) is 21.4. The molecule has 0 aliphatic carbocycles. The summed E-state index contributed by atoms with van der Waals surface area (Å²) in [5.74, 6) is 0.423. The lowest BCUT2D eigenvalue weighted by molar-refractivity contribution is 0.169. The number of nitrogens with one attached hydrogen (secondary N) is 1. The zero-order chi connectivity index (χ0) is 13.7. The second-order valence-electron chi connectivity index (χ2n) is 5.35. The number of hydrogen-bond acceptors (Lipinski definition) is 3. The number of likely N-dealkylation sites (tertiary alicyclic amines) is 1. The van der Waals surface area contributed by atoms with E-state index in [1.54, 1.807) is 0 Å². The monoisotopic (exact) mass is 282 g/mol. The first-order valence-corrected chi connectivity index (χ1v) is 8.63. The summed E-state index contributed by atoms with van der Waals surface area (Å²) in [6.45, 7) is 3.59. The van der Waals surface area contributed by atoms with Gasteiger partial charge in [-0.2, -0.15) is 0 Å². The summed E-state index contributed by atoms with van der Waals surface area (Å²) in [5, 5.41) is 0. The summed E-state index contributed by atoms with van der Waals surface area (Å²) >= 11 is 0. The number of benzene rings is 1. The van der Waals surface area contributed by atoms with E-state index in [9.17, 15) is 8.42 Å².